The van der Waals surface area contributed by atoms with Gasteiger partial charge in [0.15, 0.2) is 5.76 Å². The first kappa shape index (κ1) is 16.4. The Labute approximate surface area is 150 Å². The molecule has 1 amide bonds. The predicted molar refractivity (Wildman–Crippen MR) is 94.8 cm³/mol. The third-order valence-electron chi connectivity index (χ3n) is 4.59. The van der Waals surface area contributed by atoms with Gasteiger partial charge in [-0.05, 0) is 31.4 Å². The Morgan fingerprint density at radius 2 is 2.23 bits per heavy atom. The van der Waals surface area contributed by atoms with Crippen LogP contribution in [-0.4, -0.2) is 28.0 Å². The van der Waals surface area contributed by atoms with Crippen LogP contribution in [0.2, 0.25) is 0 Å². The van der Waals surface area contributed by atoms with Crippen molar-refractivity contribution in [3.8, 4) is 17.0 Å². The normalized spacial score (nSPS) is 13.3. The van der Waals surface area contributed by atoms with Crippen molar-refractivity contribution >= 4 is 5.91 Å². The molecule has 0 unspecified atom stereocenters. The highest BCUT2D eigenvalue weighted by Gasteiger charge is 2.20. The summed E-state index contributed by atoms with van der Waals surface area (Å²) in [4.78, 5) is 12.5. The molecule has 26 heavy (non-hydrogen) atoms. The van der Waals surface area contributed by atoms with E-state index in [1.54, 1.807) is 13.3 Å². The van der Waals surface area contributed by atoms with E-state index in [4.69, 9.17) is 9.26 Å². The monoisotopic (exact) mass is 352 g/mol. The van der Waals surface area contributed by atoms with Crippen LogP contribution in [0.15, 0.2) is 41.1 Å². The van der Waals surface area contributed by atoms with Crippen molar-refractivity contribution in [2.24, 2.45) is 0 Å². The van der Waals surface area contributed by atoms with Crippen molar-refractivity contribution in [1.82, 2.24) is 20.3 Å². The maximum atomic E-state index is 12.5. The summed E-state index contributed by atoms with van der Waals surface area (Å²) in [6, 6.07) is 9.41. The standard InChI is InChI=1S/C19H20N4O3/c1-25-18-8-3-2-6-14(18)16-10-13(26-22-16)11-20-19(24)15-12-21-23-9-5-4-7-17(15)23/h2-3,6,8,10,12H,4-5,7,9,11H2,1H3,(H,20,24). The maximum absolute atomic E-state index is 12.5. The summed E-state index contributed by atoms with van der Waals surface area (Å²) in [5, 5.41) is 11.3. The van der Waals surface area contributed by atoms with E-state index in [2.05, 4.69) is 15.6 Å². The third kappa shape index (κ3) is 3.08. The number of aryl methyl sites for hydroxylation is 1. The van der Waals surface area contributed by atoms with Crippen LogP contribution < -0.4 is 10.1 Å². The number of benzene rings is 1. The fourth-order valence-corrected chi connectivity index (χ4v) is 3.25. The molecule has 0 bridgehead atoms. The minimum Gasteiger partial charge on any atom is -0.496 e. The number of carbonyl (C=O) groups is 1. The molecule has 0 radical (unpaired) electrons. The van der Waals surface area contributed by atoms with Crippen molar-refractivity contribution in [1.29, 1.82) is 0 Å². The number of hydrogen-bond acceptors (Lipinski definition) is 5. The summed E-state index contributed by atoms with van der Waals surface area (Å²) in [7, 11) is 1.62. The average molecular weight is 352 g/mol. The largest absolute Gasteiger partial charge is 0.496 e. The molecule has 0 saturated carbocycles. The number of rotatable bonds is 5. The lowest BCUT2D eigenvalue weighted by molar-refractivity contribution is 0.0945. The molecule has 1 N–H and O–H groups in total. The number of fused-ring (bicyclic) bond motifs is 1. The predicted octanol–water partition coefficient (Wildman–Crippen LogP) is 2.81. The Morgan fingerprint density at radius 1 is 1.35 bits per heavy atom. The second-order valence-corrected chi connectivity index (χ2v) is 6.25. The van der Waals surface area contributed by atoms with E-state index in [0.717, 1.165) is 42.8 Å². The van der Waals surface area contributed by atoms with Crippen LogP contribution >= 0.6 is 0 Å². The summed E-state index contributed by atoms with van der Waals surface area (Å²) < 4.78 is 12.6. The number of nitrogens with one attached hydrogen (secondary N) is 1. The smallest absolute Gasteiger partial charge is 0.255 e. The molecule has 134 valence electrons. The Balaban J connectivity index is 1.45. The van der Waals surface area contributed by atoms with E-state index in [-0.39, 0.29) is 12.5 Å². The quantitative estimate of drug-likeness (QED) is 0.763. The fourth-order valence-electron chi connectivity index (χ4n) is 3.25. The topological polar surface area (TPSA) is 82.2 Å². The number of amides is 1. The fraction of sp³-hybridized carbons (Fsp3) is 0.316. The Bertz CT molecular complexity index is 929. The number of ether oxygens (including phenoxy) is 1. The molecule has 0 spiro atoms. The highest BCUT2D eigenvalue weighted by molar-refractivity contribution is 5.95. The minimum absolute atomic E-state index is 0.136. The van der Waals surface area contributed by atoms with Crippen molar-refractivity contribution in [3.05, 3.63) is 53.5 Å². The van der Waals surface area contributed by atoms with Gasteiger partial charge in [-0.25, -0.2) is 0 Å². The summed E-state index contributed by atoms with van der Waals surface area (Å²) in [5.41, 5.74) is 3.19. The first-order valence-corrected chi connectivity index (χ1v) is 8.68. The van der Waals surface area contributed by atoms with Crippen LogP contribution in [-0.2, 0) is 19.5 Å². The van der Waals surface area contributed by atoms with Gasteiger partial charge in [0.2, 0.25) is 0 Å². The zero-order valence-electron chi connectivity index (χ0n) is 14.6. The Hall–Kier alpha value is -3.09. The molecule has 7 heteroatoms. The Morgan fingerprint density at radius 3 is 3.12 bits per heavy atom. The van der Waals surface area contributed by atoms with Crippen LogP contribution in [0.5, 0.6) is 5.75 Å². The van der Waals surface area contributed by atoms with Gasteiger partial charge in [-0.15, -0.1) is 0 Å². The lowest BCUT2D eigenvalue weighted by atomic mass is 10.1. The third-order valence-corrected chi connectivity index (χ3v) is 4.59. The molecule has 3 aromatic rings. The highest BCUT2D eigenvalue weighted by Crippen LogP contribution is 2.29. The number of carbonyl (C=O) groups excluding carboxylic acids is 1. The van der Waals surface area contributed by atoms with Gasteiger partial charge in [-0.1, -0.05) is 17.3 Å². The molecule has 2 aromatic heterocycles. The molecule has 4 rings (SSSR count). The molecule has 7 nitrogen and oxygen atoms in total. The van der Waals surface area contributed by atoms with Gasteiger partial charge in [0.25, 0.3) is 5.91 Å². The number of methoxy groups -OCH3 is 1. The average Bonchev–Trinajstić information content (AvgIpc) is 3.33. The zero-order chi connectivity index (χ0) is 17.9. The molecule has 0 atom stereocenters. The minimum atomic E-state index is -0.136. The number of hydrogen-bond donors (Lipinski definition) is 1. The molecule has 0 aliphatic carbocycles. The number of nitrogens with zero attached hydrogens (tertiary/aromatic N) is 3. The Kier molecular flexibility index (Phi) is 4.43. The highest BCUT2D eigenvalue weighted by atomic mass is 16.5. The second kappa shape index (κ2) is 7.03. The van der Waals surface area contributed by atoms with E-state index < -0.39 is 0 Å². The van der Waals surface area contributed by atoms with Gasteiger partial charge in [0, 0.05) is 18.2 Å². The summed E-state index contributed by atoms with van der Waals surface area (Å²) >= 11 is 0. The summed E-state index contributed by atoms with van der Waals surface area (Å²) in [5.74, 6) is 1.17. The molecule has 0 fully saturated rings. The van der Waals surface area contributed by atoms with Crippen LogP contribution in [0.4, 0.5) is 0 Å². The van der Waals surface area contributed by atoms with Crippen molar-refractivity contribution < 1.29 is 14.1 Å². The van der Waals surface area contributed by atoms with Crippen LogP contribution in [0, 0.1) is 0 Å². The number of aromatic nitrogens is 3. The molecular weight excluding hydrogens is 332 g/mol. The number of para-hydroxylation sites is 1. The lowest BCUT2D eigenvalue weighted by Gasteiger charge is -2.14. The molecule has 0 saturated heterocycles. The van der Waals surface area contributed by atoms with Gasteiger partial charge in [0.1, 0.15) is 11.4 Å². The van der Waals surface area contributed by atoms with E-state index in [0.29, 0.717) is 17.0 Å². The van der Waals surface area contributed by atoms with Gasteiger partial charge >= 0.3 is 0 Å². The first-order chi connectivity index (χ1) is 12.8. The van der Waals surface area contributed by atoms with Gasteiger partial charge in [-0.2, -0.15) is 5.10 Å². The molecular formula is C19H20N4O3. The van der Waals surface area contributed by atoms with Crippen LogP contribution in [0.25, 0.3) is 11.3 Å². The maximum Gasteiger partial charge on any atom is 0.255 e. The van der Waals surface area contributed by atoms with E-state index >= 15 is 0 Å². The van der Waals surface area contributed by atoms with Gasteiger partial charge < -0.3 is 14.6 Å². The first-order valence-electron chi connectivity index (χ1n) is 8.68. The van der Waals surface area contributed by atoms with E-state index in [1.807, 2.05) is 35.0 Å². The van der Waals surface area contributed by atoms with E-state index in [1.165, 1.54) is 0 Å². The van der Waals surface area contributed by atoms with Gasteiger partial charge in [-0.3, -0.25) is 9.48 Å². The molecule has 3 heterocycles. The zero-order valence-corrected chi connectivity index (χ0v) is 14.6. The SMILES string of the molecule is COc1ccccc1-c1cc(CNC(=O)c2cnn3c2CCCC3)on1. The summed E-state index contributed by atoms with van der Waals surface area (Å²) in [6.07, 6.45) is 4.75. The molecule has 1 aliphatic heterocycles. The summed E-state index contributed by atoms with van der Waals surface area (Å²) in [6.45, 7) is 1.15. The molecule has 1 aromatic carbocycles. The van der Waals surface area contributed by atoms with Crippen molar-refractivity contribution in [2.45, 2.75) is 32.4 Å². The molecule has 1 aliphatic rings. The van der Waals surface area contributed by atoms with Crippen molar-refractivity contribution in [3.63, 3.8) is 0 Å². The van der Waals surface area contributed by atoms with Gasteiger partial charge in [0.05, 0.1) is 31.1 Å². The van der Waals surface area contributed by atoms with Crippen LogP contribution in [0.1, 0.15) is 34.7 Å². The van der Waals surface area contributed by atoms with E-state index in [9.17, 15) is 4.79 Å². The van der Waals surface area contributed by atoms with Crippen LogP contribution in [0.3, 0.4) is 0 Å². The second-order valence-electron chi connectivity index (χ2n) is 6.25. The van der Waals surface area contributed by atoms with Crippen molar-refractivity contribution in [2.75, 3.05) is 7.11 Å². The lowest BCUT2D eigenvalue weighted by Crippen LogP contribution is -2.24.